The van der Waals surface area contributed by atoms with Gasteiger partial charge in [0.05, 0.1) is 10.7 Å². The van der Waals surface area contributed by atoms with E-state index >= 15 is 0 Å². The molecule has 0 saturated heterocycles. The van der Waals surface area contributed by atoms with Gasteiger partial charge in [-0.3, -0.25) is 0 Å². The lowest BCUT2D eigenvalue weighted by Crippen LogP contribution is -2.20. The largest absolute Gasteiger partial charge is 0.323 e. The number of anilines is 2. The van der Waals surface area contributed by atoms with Gasteiger partial charge in [0.25, 0.3) is 0 Å². The number of benzene rings is 2. The van der Waals surface area contributed by atoms with Crippen LogP contribution in [0.1, 0.15) is 5.56 Å². The zero-order valence-electron chi connectivity index (χ0n) is 9.91. The lowest BCUT2D eigenvalue weighted by molar-refractivity contribution is 0.262. The fourth-order valence-electron chi connectivity index (χ4n) is 1.55. The number of hydrogen-bond acceptors (Lipinski definition) is 1. The van der Waals surface area contributed by atoms with Crippen LogP contribution in [0, 0.1) is 6.92 Å². The van der Waals surface area contributed by atoms with Crippen LogP contribution < -0.4 is 10.6 Å². The minimum absolute atomic E-state index is 0.308. The van der Waals surface area contributed by atoms with Crippen LogP contribution >= 0.6 is 11.6 Å². The molecule has 0 unspecified atom stereocenters. The molecule has 0 radical (unpaired) electrons. The molecule has 4 heteroatoms. The highest BCUT2D eigenvalue weighted by Gasteiger charge is 2.06. The molecule has 0 aliphatic heterocycles. The molecule has 0 aliphatic rings. The highest BCUT2D eigenvalue weighted by atomic mass is 35.5. The van der Waals surface area contributed by atoms with E-state index in [-0.39, 0.29) is 6.03 Å². The summed E-state index contributed by atoms with van der Waals surface area (Å²) in [5, 5.41) is 5.99. The van der Waals surface area contributed by atoms with Gasteiger partial charge in [-0.1, -0.05) is 41.9 Å². The van der Waals surface area contributed by atoms with Gasteiger partial charge in [-0.05, 0) is 30.7 Å². The van der Waals surface area contributed by atoms with Gasteiger partial charge >= 0.3 is 6.03 Å². The maximum Gasteiger partial charge on any atom is 0.323 e. The molecule has 0 saturated carbocycles. The molecule has 18 heavy (non-hydrogen) atoms. The van der Waals surface area contributed by atoms with Gasteiger partial charge in [0.1, 0.15) is 0 Å². The van der Waals surface area contributed by atoms with Crippen molar-refractivity contribution in [3.8, 4) is 0 Å². The van der Waals surface area contributed by atoms with Gasteiger partial charge in [-0.25, -0.2) is 4.79 Å². The number of carbonyl (C=O) groups is 1. The summed E-state index contributed by atoms with van der Waals surface area (Å²) in [6.07, 6.45) is 0. The smallest absolute Gasteiger partial charge is 0.307 e. The summed E-state index contributed by atoms with van der Waals surface area (Å²) >= 11 is 5.96. The monoisotopic (exact) mass is 260 g/mol. The first-order chi connectivity index (χ1) is 8.66. The van der Waals surface area contributed by atoms with E-state index in [9.17, 15) is 4.79 Å². The Bertz CT molecular complexity index is 520. The number of halogens is 1. The summed E-state index contributed by atoms with van der Waals surface area (Å²) in [7, 11) is 0. The Morgan fingerprint density at radius 2 is 1.50 bits per heavy atom. The number of carbonyl (C=O) groups excluding carboxylic acids is 1. The van der Waals surface area contributed by atoms with Crippen molar-refractivity contribution in [3.63, 3.8) is 0 Å². The summed E-state index contributed by atoms with van der Waals surface area (Å²) in [4.78, 5) is 11.8. The Kier molecular flexibility index (Phi) is 3.85. The van der Waals surface area contributed by atoms with Crippen LogP contribution in [0.3, 0.4) is 0 Å². The lowest BCUT2D eigenvalue weighted by atomic mass is 10.2. The van der Waals surface area contributed by atoms with E-state index in [0.717, 1.165) is 11.3 Å². The van der Waals surface area contributed by atoms with E-state index in [1.165, 1.54) is 0 Å². The molecular formula is C14H13ClN2O. The van der Waals surface area contributed by atoms with Crippen molar-refractivity contribution in [1.29, 1.82) is 0 Å². The van der Waals surface area contributed by atoms with Crippen molar-refractivity contribution in [2.45, 2.75) is 6.92 Å². The van der Waals surface area contributed by atoms with E-state index in [0.29, 0.717) is 10.7 Å². The zero-order valence-corrected chi connectivity index (χ0v) is 10.7. The maximum atomic E-state index is 11.8. The van der Waals surface area contributed by atoms with Gasteiger partial charge in [0.2, 0.25) is 0 Å². The topological polar surface area (TPSA) is 41.1 Å². The molecule has 2 amide bonds. The molecule has 2 aromatic carbocycles. The van der Waals surface area contributed by atoms with Crippen molar-refractivity contribution < 1.29 is 4.79 Å². The van der Waals surface area contributed by atoms with Gasteiger partial charge in [0.15, 0.2) is 0 Å². The normalized spacial score (nSPS) is 9.89. The highest BCUT2D eigenvalue weighted by Crippen LogP contribution is 2.21. The average molecular weight is 261 g/mol. The first-order valence-corrected chi connectivity index (χ1v) is 5.93. The van der Waals surface area contributed by atoms with Gasteiger partial charge in [-0.2, -0.15) is 0 Å². The third-order valence-corrected chi connectivity index (χ3v) is 2.84. The summed E-state index contributed by atoms with van der Waals surface area (Å²) in [5.41, 5.74) is 2.37. The number of amides is 2. The summed E-state index contributed by atoms with van der Waals surface area (Å²) in [6.45, 7) is 1.94. The first-order valence-electron chi connectivity index (χ1n) is 5.55. The standard InChI is InChI=1S/C14H13ClN2O/c1-10-6-2-4-8-12(10)16-14(18)17-13-9-5-3-7-11(13)15/h2-9H,1H3,(H2,16,17,18). The fraction of sp³-hybridized carbons (Fsp3) is 0.0714. The average Bonchev–Trinajstić information content (AvgIpc) is 2.35. The highest BCUT2D eigenvalue weighted by molar-refractivity contribution is 6.33. The molecule has 2 aromatic rings. The minimum atomic E-state index is -0.308. The Balaban J connectivity index is 2.06. The zero-order chi connectivity index (χ0) is 13.0. The molecule has 2 rings (SSSR count). The second-order valence-corrected chi connectivity index (χ2v) is 4.28. The van der Waals surface area contributed by atoms with Crippen LogP contribution in [-0.4, -0.2) is 6.03 Å². The predicted molar refractivity (Wildman–Crippen MR) is 75.3 cm³/mol. The van der Waals surface area contributed by atoms with E-state index in [4.69, 9.17) is 11.6 Å². The molecule has 0 spiro atoms. The number of urea groups is 1. The second-order valence-electron chi connectivity index (χ2n) is 3.87. The van der Waals surface area contributed by atoms with Crippen molar-refractivity contribution >= 4 is 29.0 Å². The van der Waals surface area contributed by atoms with Crippen LogP contribution in [0.25, 0.3) is 0 Å². The quantitative estimate of drug-likeness (QED) is 0.831. The van der Waals surface area contributed by atoms with E-state index < -0.39 is 0 Å². The Hall–Kier alpha value is -2.00. The molecule has 3 nitrogen and oxygen atoms in total. The SMILES string of the molecule is Cc1ccccc1NC(=O)Nc1ccccc1Cl. The molecule has 2 N–H and O–H groups in total. The van der Waals surface area contributed by atoms with Gasteiger partial charge < -0.3 is 10.6 Å². The Labute approximate surface area is 111 Å². The predicted octanol–water partition coefficient (Wildman–Crippen LogP) is 4.29. The van der Waals surface area contributed by atoms with Crippen LogP contribution in [0.15, 0.2) is 48.5 Å². The van der Waals surface area contributed by atoms with Crippen molar-refractivity contribution in [1.82, 2.24) is 0 Å². The molecule has 0 aromatic heterocycles. The van der Waals surface area contributed by atoms with Crippen molar-refractivity contribution in [3.05, 3.63) is 59.1 Å². The van der Waals surface area contributed by atoms with Crippen molar-refractivity contribution in [2.24, 2.45) is 0 Å². The van der Waals surface area contributed by atoms with Crippen LogP contribution in [-0.2, 0) is 0 Å². The molecule has 0 bridgehead atoms. The van der Waals surface area contributed by atoms with E-state index in [1.807, 2.05) is 43.3 Å². The molecular weight excluding hydrogens is 248 g/mol. The number of para-hydroxylation sites is 2. The van der Waals surface area contributed by atoms with Crippen LogP contribution in [0.5, 0.6) is 0 Å². The molecule has 0 heterocycles. The lowest BCUT2D eigenvalue weighted by Gasteiger charge is -2.10. The molecule has 92 valence electrons. The fourth-order valence-corrected chi connectivity index (χ4v) is 1.73. The third kappa shape index (κ3) is 3.02. The first kappa shape index (κ1) is 12.5. The van der Waals surface area contributed by atoms with Gasteiger partial charge in [-0.15, -0.1) is 0 Å². The number of aryl methyl sites for hydroxylation is 1. The van der Waals surface area contributed by atoms with Gasteiger partial charge in [0, 0.05) is 5.69 Å². The second kappa shape index (κ2) is 5.56. The number of rotatable bonds is 2. The number of nitrogens with one attached hydrogen (secondary N) is 2. The van der Waals surface area contributed by atoms with E-state index in [1.54, 1.807) is 12.1 Å². The molecule has 0 aliphatic carbocycles. The molecule has 0 atom stereocenters. The third-order valence-electron chi connectivity index (χ3n) is 2.52. The Morgan fingerprint density at radius 3 is 2.17 bits per heavy atom. The summed E-state index contributed by atoms with van der Waals surface area (Å²) in [6, 6.07) is 14.4. The van der Waals surface area contributed by atoms with Crippen LogP contribution in [0.2, 0.25) is 5.02 Å². The Morgan fingerprint density at radius 1 is 0.944 bits per heavy atom. The number of hydrogen-bond donors (Lipinski definition) is 2. The summed E-state index contributed by atoms with van der Waals surface area (Å²) < 4.78 is 0. The minimum Gasteiger partial charge on any atom is -0.307 e. The van der Waals surface area contributed by atoms with Crippen molar-refractivity contribution in [2.75, 3.05) is 10.6 Å². The molecule has 0 fully saturated rings. The van der Waals surface area contributed by atoms with E-state index in [2.05, 4.69) is 10.6 Å². The maximum absolute atomic E-state index is 11.8. The van der Waals surface area contributed by atoms with Crippen LogP contribution in [0.4, 0.5) is 16.2 Å². The summed E-state index contributed by atoms with van der Waals surface area (Å²) in [5.74, 6) is 0.